The zero-order valence-electron chi connectivity index (χ0n) is 18.2. The Kier molecular flexibility index (Phi) is 6.65. The average molecular weight is 531 g/mol. The summed E-state index contributed by atoms with van der Waals surface area (Å²) in [5.74, 6) is -0.0564. The quantitative estimate of drug-likeness (QED) is 0.447. The molecule has 0 spiro atoms. The molecule has 3 aromatic rings. The van der Waals surface area contributed by atoms with Crippen LogP contribution < -0.4 is 14.9 Å². The molecule has 166 valence electrons. The molecule has 0 amide bonds. The van der Waals surface area contributed by atoms with E-state index in [1.165, 1.54) is 16.9 Å². The number of nitrogens with zero attached hydrogens (tertiary/aromatic N) is 2. The van der Waals surface area contributed by atoms with Gasteiger partial charge < -0.3 is 4.74 Å². The number of thiazole rings is 1. The molecule has 0 N–H and O–H groups in total. The van der Waals surface area contributed by atoms with Gasteiger partial charge in [0.1, 0.15) is 0 Å². The highest BCUT2D eigenvalue weighted by Crippen LogP contribution is 2.31. The van der Waals surface area contributed by atoms with Gasteiger partial charge in [0.25, 0.3) is 5.56 Å². The first-order chi connectivity index (χ1) is 15.3. The lowest BCUT2D eigenvalue weighted by Crippen LogP contribution is -2.39. The Morgan fingerprint density at radius 2 is 2.00 bits per heavy atom. The number of hydrogen-bond acceptors (Lipinski definition) is 6. The van der Waals surface area contributed by atoms with E-state index in [9.17, 15) is 9.59 Å². The fourth-order valence-corrected chi connectivity index (χ4v) is 6.22. The van der Waals surface area contributed by atoms with E-state index in [0.717, 1.165) is 14.9 Å². The van der Waals surface area contributed by atoms with E-state index in [1.54, 1.807) is 29.8 Å². The summed E-state index contributed by atoms with van der Waals surface area (Å²) in [5, 5.41) is 1.97. The van der Waals surface area contributed by atoms with Crippen molar-refractivity contribution >= 4 is 50.6 Å². The van der Waals surface area contributed by atoms with E-state index in [2.05, 4.69) is 46.9 Å². The second kappa shape index (κ2) is 9.29. The van der Waals surface area contributed by atoms with Crippen LogP contribution in [0.3, 0.4) is 0 Å². The number of allylic oxidation sites excluding steroid dienone is 1. The summed E-state index contributed by atoms with van der Waals surface area (Å²) < 4.78 is 8.49. The smallest absolute Gasteiger partial charge is 0.338 e. The molecule has 0 fully saturated rings. The van der Waals surface area contributed by atoms with Gasteiger partial charge in [0.2, 0.25) is 0 Å². The highest BCUT2D eigenvalue weighted by molar-refractivity contribution is 9.10. The molecule has 5 nitrogen and oxygen atoms in total. The van der Waals surface area contributed by atoms with E-state index >= 15 is 0 Å². The lowest BCUT2D eigenvalue weighted by Gasteiger charge is -2.25. The Bertz CT molecular complexity index is 1380. The molecule has 0 unspecified atom stereocenters. The Morgan fingerprint density at radius 3 is 2.59 bits per heavy atom. The van der Waals surface area contributed by atoms with E-state index in [1.807, 2.05) is 29.7 Å². The van der Waals surface area contributed by atoms with E-state index in [-0.39, 0.29) is 12.2 Å². The van der Waals surface area contributed by atoms with Gasteiger partial charge in [0.15, 0.2) is 4.80 Å². The van der Waals surface area contributed by atoms with Crippen LogP contribution in [-0.2, 0) is 9.53 Å². The maximum Gasteiger partial charge on any atom is 0.338 e. The van der Waals surface area contributed by atoms with Crippen molar-refractivity contribution in [1.82, 2.24) is 4.57 Å². The molecule has 1 aromatic carbocycles. The van der Waals surface area contributed by atoms with Crippen LogP contribution in [0.15, 0.2) is 61.2 Å². The van der Waals surface area contributed by atoms with Crippen molar-refractivity contribution in [3.05, 3.63) is 87.1 Å². The van der Waals surface area contributed by atoms with Gasteiger partial charge in [-0.2, -0.15) is 0 Å². The normalized spacial score (nSPS) is 16.3. The monoisotopic (exact) mass is 530 g/mol. The zero-order valence-corrected chi connectivity index (χ0v) is 21.4. The van der Waals surface area contributed by atoms with E-state index < -0.39 is 12.0 Å². The summed E-state index contributed by atoms with van der Waals surface area (Å²) in [4.78, 5) is 32.6. The third kappa shape index (κ3) is 4.19. The standard InChI is InChI=1S/C24H23BrN2O3S2/c1-5-30-23(29)20-14(4)26-24-27(21(20)16-8-6-15(7-9-16)13(2)3)22(28)19(32-24)12-18-17(25)10-11-31-18/h6-13,21H,5H2,1-4H3/b19-12+/t21-/m0/s1. The van der Waals surface area contributed by atoms with Crippen LogP contribution in [0.4, 0.5) is 0 Å². The predicted molar refractivity (Wildman–Crippen MR) is 133 cm³/mol. The molecule has 1 aliphatic heterocycles. The summed E-state index contributed by atoms with van der Waals surface area (Å²) in [6, 6.07) is 9.46. The average Bonchev–Trinajstić information content (AvgIpc) is 3.30. The topological polar surface area (TPSA) is 60.7 Å². The fourth-order valence-electron chi connectivity index (χ4n) is 3.70. The van der Waals surface area contributed by atoms with Crippen LogP contribution in [0.2, 0.25) is 0 Å². The van der Waals surface area contributed by atoms with Gasteiger partial charge in [-0.15, -0.1) is 11.3 Å². The van der Waals surface area contributed by atoms with Gasteiger partial charge in [-0.3, -0.25) is 9.36 Å². The van der Waals surface area contributed by atoms with Crippen LogP contribution >= 0.6 is 38.6 Å². The van der Waals surface area contributed by atoms with Crippen molar-refractivity contribution in [2.45, 2.75) is 39.7 Å². The lowest BCUT2D eigenvalue weighted by molar-refractivity contribution is -0.139. The molecule has 0 radical (unpaired) electrons. The first-order valence-electron chi connectivity index (χ1n) is 10.3. The molecule has 8 heteroatoms. The minimum atomic E-state index is -0.583. The minimum absolute atomic E-state index is 0.165. The van der Waals surface area contributed by atoms with E-state index in [0.29, 0.717) is 26.5 Å². The lowest BCUT2D eigenvalue weighted by atomic mass is 9.93. The van der Waals surface area contributed by atoms with Crippen LogP contribution in [0.5, 0.6) is 0 Å². The third-order valence-corrected chi connectivity index (χ3v) is 8.14. The molecular weight excluding hydrogens is 508 g/mol. The molecule has 4 rings (SSSR count). The van der Waals surface area contributed by atoms with Gasteiger partial charge in [0.05, 0.1) is 28.5 Å². The van der Waals surface area contributed by atoms with Crippen molar-refractivity contribution < 1.29 is 9.53 Å². The van der Waals surface area contributed by atoms with Crippen molar-refractivity contribution in [3.8, 4) is 0 Å². The third-order valence-electron chi connectivity index (χ3n) is 5.34. The van der Waals surface area contributed by atoms with Crippen LogP contribution in [0.25, 0.3) is 6.08 Å². The number of benzene rings is 1. The maximum atomic E-state index is 13.5. The van der Waals surface area contributed by atoms with Gasteiger partial charge in [-0.25, -0.2) is 9.79 Å². The Morgan fingerprint density at radius 1 is 1.28 bits per heavy atom. The highest BCUT2D eigenvalue weighted by Gasteiger charge is 2.33. The molecule has 0 saturated heterocycles. The number of aromatic nitrogens is 1. The van der Waals surface area contributed by atoms with Crippen molar-refractivity contribution in [3.63, 3.8) is 0 Å². The van der Waals surface area contributed by atoms with Crippen LogP contribution in [-0.4, -0.2) is 17.1 Å². The summed E-state index contributed by atoms with van der Waals surface area (Å²) in [7, 11) is 0. The first kappa shape index (κ1) is 22.9. The summed E-state index contributed by atoms with van der Waals surface area (Å²) in [6.45, 7) is 8.10. The summed E-state index contributed by atoms with van der Waals surface area (Å²) in [6.07, 6.45) is 1.88. The van der Waals surface area contributed by atoms with Crippen molar-refractivity contribution in [2.75, 3.05) is 6.61 Å². The number of fused-ring (bicyclic) bond motifs is 1. The van der Waals surface area contributed by atoms with Crippen LogP contribution in [0, 0.1) is 0 Å². The first-order valence-corrected chi connectivity index (χ1v) is 12.8. The molecule has 1 atom stereocenters. The molecular formula is C24H23BrN2O3S2. The van der Waals surface area contributed by atoms with Gasteiger partial charge in [0, 0.05) is 9.35 Å². The molecule has 32 heavy (non-hydrogen) atoms. The SMILES string of the molecule is CCOC(=O)C1=C(C)N=c2s/c(=C/c3sccc3Br)c(=O)n2[C@H]1c1ccc(C(C)C)cc1. The molecule has 3 heterocycles. The zero-order chi connectivity index (χ0) is 23.0. The second-order valence-corrected chi connectivity index (χ2v) is 10.6. The number of halogens is 1. The van der Waals surface area contributed by atoms with Crippen molar-refractivity contribution in [1.29, 1.82) is 0 Å². The molecule has 1 aliphatic rings. The maximum absolute atomic E-state index is 13.5. The summed E-state index contributed by atoms with van der Waals surface area (Å²) >= 11 is 6.41. The number of hydrogen-bond donors (Lipinski definition) is 0. The number of ether oxygens (including phenoxy) is 1. The minimum Gasteiger partial charge on any atom is -0.463 e. The van der Waals surface area contributed by atoms with Gasteiger partial charge >= 0.3 is 5.97 Å². The summed E-state index contributed by atoms with van der Waals surface area (Å²) in [5.41, 5.74) is 2.87. The predicted octanol–water partition coefficient (Wildman–Crippen LogP) is 4.75. The Balaban J connectivity index is 1.95. The fraction of sp³-hybridized carbons (Fsp3) is 0.292. The largest absolute Gasteiger partial charge is 0.463 e. The Labute approximate surface area is 202 Å². The highest BCUT2D eigenvalue weighted by atomic mass is 79.9. The molecule has 2 aromatic heterocycles. The number of rotatable bonds is 5. The van der Waals surface area contributed by atoms with Gasteiger partial charge in [-0.1, -0.05) is 49.4 Å². The van der Waals surface area contributed by atoms with E-state index in [4.69, 9.17) is 4.74 Å². The van der Waals surface area contributed by atoms with Gasteiger partial charge in [-0.05, 0) is 64.3 Å². The number of carbonyl (C=O) groups is 1. The number of carbonyl (C=O) groups excluding carboxylic acids is 1. The molecule has 0 bridgehead atoms. The molecule has 0 saturated carbocycles. The molecule has 0 aliphatic carbocycles. The van der Waals surface area contributed by atoms with Crippen LogP contribution in [0.1, 0.15) is 55.7 Å². The number of thiophene rings is 1. The Hall–Kier alpha value is -2.29. The number of esters is 1. The van der Waals surface area contributed by atoms with Crippen molar-refractivity contribution in [2.24, 2.45) is 4.99 Å². The second-order valence-electron chi connectivity index (χ2n) is 7.76.